The zero-order valence-corrected chi connectivity index (χ0v) is 23.3. The van der Waals surface area contributed by atoms with Gasteiger partial charge in [-0.2, -0.15) is 0 Å². The van der Waals surface area contributed by atoms with Gasteiger partial charge in [-0.05, 0) is 74.6 Å². The number of primary amides is 1. The molecule has 3 atom stereocenters. The first-order valence-electron chi connectivity index (χ1n) is 13.6. The number of amides is 2. The SMILES string of the molecule is C=C1CC(O)=C(C(N)=O)C(=O)C2C(O)=C3C(=O)c4c(O)ccc(C5=CCN(C(=O)OC(C)(C)C)CC5)c4CC3CC12. The standard InChI is InChI=1S/C31H34N2O8/c1-14-11-21(35)25(29(32)39)28(38)24-18(14)12-16-13-19-17(5-6-20(34)23(19)26(36)22(16)27(24)37)15-7-9-33(10-8-15)30(40)41-31(2,3)4/h5-7,16,18,24,34-35,37H,1,8-13H2,2-4H3,(H2,32,39). The first-order valence-corrected chi connectivity index (χ1v) is 13.6. The first-order chi connectivity index (χ1) is 19.2. The fourth-order valence-corrected chi connectivity index (χ4v) is 6.51. The Morgan fingerprint density at radius 3 is 2.46 bits per heavy atom. The topological polar surface area (TPSA) is 167 Å². The summed E-state index contributed by atoms with van der Waals surface area (Å²) in [6.45, 7) is 10.2. The van der Waals surface area contributed by atoms with E-state index in [4.69, 9.17) is 10.5 Å². The summed E-state index contributed by atoms with van der Waals surface area (Å²) in [6, 6.07) is 3.19. The third-order valence-corrected chi connectivity index (χ3v) is 8.32. The van der Waals surface area contributed by atoms with Crippen molar-refractivity contribution in [2.24, 2.45) is 23.5 Å². The van der Waals surface area contributed by atoms with E-state index in [1.807, 2.05) is 6.08 Å². The molecule has 0 fully saturated rings. The van der Waals surface area contributed by atoms with Gasteiger partial charge in [-0.1, -0.05) is 24.3 Å². The number of ether oxygens (including phenoxy) is 1. The van der Waals surface area contributed by atoms with Crippen LogP contribution in [0.3, 0.4) is 0 Å². The van der Waals surface area contributed by atoms with Gasteiger partial charge >= 0.3 is 6.09 Å². The number of aliphatic hydroxyl groups is 2. The molecule has 0 aromatic heterocycles. The van der Waals surface area contributed by atoms with Crippen molar-refractivity contribution in [3.05, 3.63) is 69.7 Å². The predicted molar refractivity (Wildman–Crippen MR) is 149 cm³/mol. The van der Waals surface area contributed by atoms with E-state index in [0.29, 0.717) is 37.1 Å². The summed E-state index contributed by atoms with van der Waals surface area (Å²) in [7, 11) is 0. The van der Waals surface area contributed by atoms with E-state index in [0.717, 1.165) is 11.1 Å². The lowest BCUT2D eigenvalue weighted by atomic mass is 9.63. The molecular weight excluding hydrogens is 528 g/mol. The van der Waals surface area contributed by atoms with Crippen LogP contribution in [0.5, 0.6) is 5.75 Å². The number of Topliss-reactive ketones (excluding diaryl/α,β-unsaturated/α-hetero) is 2. The summed E-state index contributed by atoms with van der Waals surface area (Å²) in [5.41, 5.74) is 7.03. The molecular formula is C31H34N2O8. The third-order valence-electron chi connectivity index (χ3n) is 8.32. The second-order valence-electron chi connectivity index (χ2n) is 12.1. The molecule has 0 radical (unpaired) electrons. The van der Waals surface area contributed by atoms with Gasteiger partial charge in [-0.3, -0.25) is 14.4 Å². The number of hydrogen-bond donors (Lipinski definition) is 4. The number of aliphatic hydroxyl groups excluding tert-OH is 2. The predicted octanol–water partition coefficient (Wildman–Crippen LogP) is 4.05. The van der Waals surface area contributed by atoms with Crippen molar-refractivity contribution < 1.29 is 39.2 Å². The van der Waals surface area contributed by atoms with Gasteiger partial charge in [0, 0.05) is 25.1 Å². The minimum atomic E-state index is -1.28. The molecule has 2 amide bonds. The van der Waals surface area contributed by atoms with Gasteiger partial charge in [0.2, 0.25) is 0 Å². The lowest BCUT2D eigenvalue weighted by Crippen LogP contribution is -2.40. The highest BCUT2D eigenvalue weighted by Gasteiger charge is 2.50. The zero-order valence-electron chi connectivity index (χ0n) is 23.3. The number of phenolic OH excluding ortho intramolecular Hbond substituents is 1. The first kappa shape index (κ1) is 28.2. The number of aromatic hydroxyl groups is 1. The largest absolute Gasteiger partial charge is 0.511 e. The lowest BCUT2D eigenvalue weighted by Gasteiger charge is -2.39. The molecule has 0 bridgehead atoms. The van der Waals surface area contributed by atoms with Crippen LogP contribution >= 0.6 is 0 Å². The van der Waals surface area contributed by atoms with Crippen LogP contribution < -0.4 is 5.73 Å². The van der Waals surface area contributed by atoms with Crippen LogP contribution in [0, 0.1) is 17.8 Å². The fraction of sp³-hybridized carbons (Fsp3) is 0.419. The van der Waals surface area contributed by atoms with Gasteiger partial charge in [-0.25, -0.2) is 4.79 Å². The molecule has 41 heavy (non-hydrogen) atoms. The average molecular weight is 563 g/mol. The van der Waals surface area contributed by atoms with Gasteiger partial charge in [0.25, 0.3) is 5.91 Å². The van der Waals surface area contributed by atoms with Crippen molar-refractivity contribution in [2.45, 2.75) is 52.1 Å². The summed E-state index contributed by atoms with van der Waals surface area (Å²) in [4.78, 5) is 53.3. The molecule has 216 valence electrons. The Bertz CT molecular complexity index is 1510. The Morgan fingerprint density at radius 1 is 1.15 bits per heavy atom. The van der Waals surface area contributed by atoms with Crippen LogP contribution in [0.2, 0.25) is 0 Å². The van der Waals surface area contributed by atoms with Gasteiger partial charge in [-0.15, -0.1) is 0 Å². The van der Waals surface area contributed by atoms with Crippen LogP contribution in [0.15, 0.2) is 53.0 Å². The van der Waals surface area contributed by atoms with Crippen LogP contribution in [0.25, 0.3) is 5.57 Å². The highest BCUT2D eigenvalue weighted by Crippen LogP contribution is 2.50. The van der Waals surface area contributed by atoms with Crippen LogP contribution in [-0.2, 0) is 20.7 Å². The van der Waals surface area contributed by atoms with Gasteiger partial charge in [0.05, 0.1) is 11.5 Å². The Balaban J connectivity index is 1.52. The number of fused-ring (bicyclic) bond motifs is 3. The van der Waals surface area contributed by atoms with Gasteiger partial charge < -0.3 is 30.7 Å². The number of phenols is 1. The molecule has 1 aromatic carbocycles. The third kappa shape index (κ3) is 4.81. The molecule has 3 aliphatic carbocycles. The molecule has 10 heteroatoms. The van der Waals surface area contributed by atoms with Crippen molar-refractivity contribution in [2.75, 3.05) is 13.1 Å². The summed E-state index contributed by atoms with van der Waals surface area (Å²) < 4.78 is 5.48. The molecule has 0 spiro atoms. The number of allylic oxidation sites excluding steroid dienone is 3. The fourth-order valence-electron chi connectivity index (χ4n) is 6.51. The Hall–Kier alpha value is -4.34. The molecule has 4 aliphatic rings. The molecule has 5 rings (SSSR count). The maximum atomic E-state index is 13.9. The smallest absolute Gasteiger partial charge is 0.410 e. The number of hydrogen-bond acceptors (Lipinski definition) is 8. The quantitative estimate of drug-likeness (QED) is 0.309. The van der Waals surface area contributed by atoms with E-state index in [2.05, 4.69) is 6.58 Å². The summed E-state index contributed by atoms with van der Waals surface area (Å²) in [5.74, 6) is -6.16. The van der Waals surface area contributed by atoms with Crippen LogP contribution in [0.4, 0.5) is 4.79 Å². The average Bonchev–Trinajstić information content (AvgIpc) is 2.96. The van der Waals surface area contributed by atoms with Gasteiger partial charge in [0.1, 0.15) is 28.4 Å². The number of nitrogens with two attached hydrogens (primary N) is 1. The maximum absolute atomic E-state index is 13.9. The second-order valence-corrected chi connectivity index (χ2v) is 12.1. The molecule has 0 saturated carbocycles. The molecule has 1 heterocycles. The van der Waals surface area contributed by atoms with E-state index < -0.39 is 64.0 Å². The van der Waals surface area contributed by atoms with E-state index in [1.165, 1.54) is 6.07 Å². The molecule has 1 aliphatic heterocycles. The highest BCUT2D eigenvalue weighted by molar-refractivity contribution is 6.22. The van der Waals surface area contributed by atoms with Crippen LogP contribution in [0.1, 0.15) is 61.5 Å². The molecule has 0 saturated heterocycles. The number of nitrogens with zero attached hydrogens (tertiary/aromatic N) is 1. The normalized spacial score (nSPS) is 24.8. The summed E-state index contributed by atoms with van der Waals surface area (Å²) in [5, 5.41) is 32.6. The van der Waals surface area contributed by atoms with E-state index in [1.54, 1.807) is 31.7 Å². The summed E-state index contributed by atoms with van der Waals surface area (Å²) in [6.07, 6.45) is 2.47. The van der Waals surface area contributed by atoms with E-state index >= 15 is 0 Å². The van der Waals surface area contributed by atoms with Crippen molar-refractivity contribution in [3.8, 4) is 5.75 Å². The van der Waals surface area contributed by atoms with Crippen molar-refractivity contribution in [3.63, 3.8) is 0 Å². The van der Waals surface area contributed by atoms with Gasteiger partial charge in [0.15, 0.2) is 11.6 Å². The Labute approximate surface area is 237 Å². The Morgan fingerprint density at radius 2 is 1.85 bits per heavy atom. The minimum Gasteiger partial charge on any atom is -0.511 e. The molecule has 3 unspecified atom stereocenters. The van der Waals surface area contributed by atoms with E-state index in [-0.39, 0.29) is 29.7 Å². The summed E-state index contributed by atoms with van der Waals surface area (Å²) >= 11 is 0. The monoisotopic (exact) mass is 562 g/mol. The van der Waals surface area contributed by atoms with Crippen molar-refractivity contribution in [1.29, 1.82) is 0 Å². The van der Waals surface area contributed by atoms with Crippen molar-refractivity contribution >= 4 is 29.1 Å². The molecule has 5 N–H and O–H groups in total. The number of carbonyl (C=O) groups excluding carboxylic acids is 4. The Kier molecular flexibility index (Phi) is 6.83. The zero-order chi connectivity index (χ0) is 30.0. The van der Waals surface area contributed by atoms with Crippen LogP contribution in [-0.4, -0.2) is 62.5 Å². The van der Waals surface area contributed by atoms with Crippen molar-refractivity contribution in [1.82, 2.24) is 4.90 Å². The van der Waals surface area contributed by atoms with E-state index in [9.17, 15) is 34.5 Å². The minimum absolute atomic E-state index is 0.0197. The molecule has 10 nitrogen and oxygen atoms in total. The number of rotatable bonds is 2. The maximum Gasteiger partial charge on any atom is 0.410 e. The number of carbonyl (C=O) groups is 4. The second kappa shape index (κ2) is 9.94. The molecule has 1 aromatic rings. The number of benzene rings is 1. The lowest BCUT2D eigenvalue weighted by molar-refractivity contribution is -0.124. The highest BCUT2D eigenvalue weighted by atomic mass is 16.6. The number of ketones is 2.